The van der Waals surface area contributed by atoms with E-state index < -0.39 is 0 Å². The quantitative estimate of drug-likeness (QED) is 0.629. The fraction of sp³-hybridized carbons (Fsp3) is 0.636. The van der Waals surface area contributed by atoms with Gasteiger partial charge in [-0.25, -0.2) is 0 Å². The Morgan fingerprint density at radius 3 is 2.38 bits per heavy atom. The summed E-state index contributed by atoms with van der Waals surface area (Å²) in [6, 6.07) is 7.96. The van der Waals surface area contributed by atoms with Crippen LogP contribution in [0.15, 0.2) is 24.3 Å². The molecule has 1 atom stereocenters. The van der Waals surface area contributed by atoms with Crippen molar-refractivity contribution in [2.75, 3.05) is 46.4 Å². The first-order valence-electron chi connectivity index (χ1n) is 10.4. The highest BCUT2D eigenvalue weighted by molar-refractivity contribution is 5.79. The summed E-state index contributed by atoms with van der Waals surface area (Å²) in [5.74, 6) is 0.858. The maximum Gasteiger partial charge on any atom is 0.248 e. The van der Waals surface area contributed by atoms with Crippen LogP contribution in [-0.4, -0.2) is 85.1 Å². The molecule has 7 nitrogen and oxygen atoms in total. The molecule has 2 amide bonds. The van der Waals surface area contributed by atoms with Gasteiger partial charge in [0.05, 0.1) is 19.8 Å². The van der Waals surface area contributed by atoms with E-state index in [0.29, 0.717) is 39.3 Å². The summed E-state index contributed by atoms with van der Waals surface area (Å²) >= 11 is 0. The normalized spacial score (nSPS) is 18.1. The second-order valence-electron chi connectivity index (χ2n) is 7.64. The van der Waals surface area contributed by atoms with Crippen LogP contribution in [0, 0.1) is 0 Å². The zero-order valence-corrected chi connectivity index (χ0v) is 18.4. The molecule has 0 bridgehead atoms. The van der Waals surface area contributed by atoms with Crippen LogP contribution in [-0.2, 0) is 20.9 Å². The van der Waals surface area contributed by atoms with Crippen LogP contribution in [0.1, 0.15) is 33.3 Å². The molecule has 1 aromatic rings. The number of methoxy groups -OCH3 is 1. The monoisotopic (exact) mass is 405 g/mol. The van der Waals surface area contributed by atoms with Crippen LogP contribution in [0.4, 0.5) is 0 Å². The third-order valence-corrected chi connectivity index (χ3v) is 5.37. The highest BCUT2D eigenvalue weighted by Gasteiger charge is 2.30. The molecule has 0 radical (unpaired) electrons. The molecular formula is C22H35N3O4. The number of hydrogen-bond donors (Lipinski definition) is 0. The van der Waals surface area contributed by atoms with Gasteiger partial charge < -0.3 is 19.3 Å². The Morgan fingerprint density at radius 1 is 1.17 bits per heavy atom. The van der Waals surface area contributed by atoms with Gasteiger partial charge in [-0.2, -0.15) is 0 Å². The SMILES string of the molecule is CCN(CC)C(=O)CO[C@H]1CN(Cc2ccc(OC)cc2)C(=O)CN(C(C)C)C1. The first kappa shape index (κ1) is 23.2. The van der Waals surface area contributed by atoms with E-state index in [-0.39, 0.29) is 30.6 Å². The molecule has 29 heavy (non-hydrogen) atoms. The number of likely N-dealkylation sites (N-methyl/N-ethyl adjacent to an activating group) is 1. The highest BCUT2D eigenvalue weighted by Crippen LogP contribution is 2.17. The van der Waals surface area contributed by atoms with Crippen molar-refractivity contribution in [3.05, 3.63) is 29.8 Å². The molecule has 0 N–H and O–H groups in total. The number of nitrogens with zero attached hydrogens (tertiary/aromatic N) is 3. The summed E-state index contributed by atoms with van der Waals surface area (Å²) in [4.78, 5) is 30.9. The zero-order chi connectivity index (χ0) is 21.4. The molecule has 0 spiro atoms. The van der Waals surface area contributed by atoms with Crippen LogP contribution < -0.4 is 4.74 Å². The molecule has 1 heterocycles. The molecule has 1 fully saturated rings. The molecule has 2 rings (SSSR count). The van der Waals surface area contributed by atoms with Gasteiger partial charge in [0.15, 0.2) is 0 Å². The minimum absolute atomic E-state index is 0.0108. The fourth-order valence-electron chi connectivity index (χ4n) is 3.46. The van der Waals surface area contributed by atoms with Gasteiger partial charge >= 0.3 is 0 Å². The van der Waals surface area contributed by atoms with E-state index in [4.69, 9.17) is 9.47 Å². The Morgan fingerprint density at radius 2 is 1.83 bits per heavy atom. The number of ether oxygens (including phenoxy) is 2. The van der Waals surface area contributed by atoms with E-state index in [9.17, 15) is 9.59 Å². The van der Waals surface area contributed by atoms with Crippen LogP contribution in [0.5, 0.6) is 5.75 Å². The van der Waals surface area contributed by atoms with Gasteiger partial charge in [0.1, 0.15) is 12.4 Å². The minimum Gasteiger partial charge on any atom is -0.497 e. The molecule has 1 saturated heterocycles. The van der Waals surface area contributed by atoms with Gasteiger partial charge in [-0.1, -0.05) is 12.1 Å². The maximum absolute atomic E-state index is 12.9. The van der Waals surface area contributed by atoms with Crippen LogP contribution >= 0.6 is 0 Å². The van der Waals surface area contributed by atoms with Crippen LogP contribution in [0.3, 0.4) is 0 Å². The second kappa shape index (κ2) is 11.2. The molecule has 7 heteroatoms. The van der Waals surface area contributed by atoms with E-state index >= 15 is 0 Å². The van der Waals surface area contributed by atoms with Crippen molar-refractivity contribution in [1.29, 1.82) is 0 Å². The molecule has 1 aliphatic heterocycles. The summed E-state index contributed by atoms with van der Waals surface area (Å²) in [6.45, 7) is 11.4. The first-order valence-corrected chi connectivity index (χ1v) is 10.4. The van der Waals surface area contributed by atoms with Gasteiger partial charge in [-0.3, -0.25) is 14.5 Å². The lowest BCUT2D eigenvalue weighted by Gasteiger charge is -2.27. The Labute approximate surface area is 174 Å². The summed E-state index contributed by atoms with van der Waals surface area (Å²) in [7, 11) is 1.63. The largest absolute Gasteiger partial charge is 0.497 e. The predicted molar refractivity (Wildman–Crippen MR) is 113 cm³/mol. The average Bonchev–Trinajstić information content (AvgIpc) is 2.87. The number of hydrogen-bond acceptors (Lipinski definition) is 5. The summed E-state index contributed by atoms with van der Waals surface area (Å²) in [6.07, 6.45) is -0.207. The molecule has 1 aliphatic rings. The summed E-state index contributed by atoms with van der Waals surface area (Å²) in [5.41, 5.74) is 1.04. The standard InChI is InChI=1S/C22H35N3O4/c1-6-23(7-2)22(27)16-29-20-13-24(17(3)4)15-21(26)25(14-20)12-18-8-10-19(28-5)11-9-18/h8-11,17,20H,6-7,12-16H2,1-5H3/t20-/m1/s1. The van der Waals surface area contributed by atoms with Gasteiger partial charge in [0.2, 0.25) is 11.8 Å². The summed E-state index contributed by atoms with van der Waals surface area (Å²) < 4.78 is 11.2. The molecule has 0 aromatic heterocycles. The molecule has 0 unspecified atom stereocenters. The lowest BCUT2D eigenvalue weighted by Crippen LogP contribution is -2.41. The lowest BCUT2D eigenvalue weighted by molar-refractivity contribution is -0.138. The fourth-order valence-corrected chi connectivity index (χ4v) is 3.46. The average molecular weight is 406 g/mol. The van der Waals surface area contributed by atoms with E-state index in [2.05, 4.69) is 18.7 Å². The molecule has 1 aromatic carbocycles. The Balaban J connectivity index is 2.08. The molecule has 0 aliphatic carbocycles. The predicted octanol–water partition coefficient (Wildman–Crippen LogP) is 2.00. The topological polar surface area (TPSA) is 62.3 Å². The number of carbonyl (C=O) groups excluding carboxylic acids is 2. The van der Waals surface area contributed by atoms with Crippen LogP contribution in [0.25, 0.3) is 0 Å². The lowest BCUT2D eigenvalue weighted by atomic mass is 10.2. The highest BCUT2D eigenvalue weighted by atomic mass is 16.5. The van der Waals surface area contributed by atoms with E-state index in [1.54, 1.807) is 12.0 Å². The van der Waals surface area contributed by atoms with Crippen LogP contribution in [0.2, 0.25) is 0 Å². The van der Waals surface area contributed by atoms with Crippen molar-refractivity contribution in [2.24, 2.45) is 0 Å². The Bertz CT molecular complexity index is 659. The first-order chi connectivity index (χ1) is 13.9. The second-order valence-corrected chi connectivity index (χ2v) is 7.64. The third kappa shape index (κ3) is 6.72. The smallest absolute Gasteiger partial charge is 0.248 e. The molecule has 162 valence electrons. The van der Waals surface area contributed by atoms with Crippen molar-refractivity contribution in [3.63, 3.8) is 0 Å². The minimum atomic E-state index is -0.207. The van der Waals surface area contributed by atoms with Crippen molar-refractivity contribution < 1.29 is 19.1 Å². The van der Waals surface area contributed by atoms with Gasteiger partial charge in [-0.05, 0) is 45.4 Å². The zero-order valence-electron chi connectivity index (χ0n) is 18.4. The van der Waals surface area contributed by atoms with E-state index in [1.165, 1.54) is 0 Å². The number of benzene rings is 1. The van der Waals surface area contributed by atoms with Crippen molar-refractivity contribution in [2.45, 2.75) is 46.4 Å². The van der Waals surface area contributed by atoms with Crippen molar-refractivity contribution >= 4 is 11.8 Å². The number of amides is 2. The Kier molecular flexibility index (Phi) is 8.92. The van der Waals surface area contributed by atoms with E-state index in [0.717, 1.165) is 11.3 Å². The van der Waals surface area contributed by atoms with Gasteiger partial charge in [0.25, 0.3) is 0 Å². The van der Waals surface area contributed by atoms with Gasteiger partial charge in [0, 0.05) is 38.8 Å². The maximum atomic E-state index is 12.9. The summed E-state index contributed by atoms with van der Waals surface area (Å²) in [5, 5.41) is 0. The third-order valence-electron chi connectivity index (χ3n) is 5.37. The van der Waals surface area contributed by atoms with Gasteiger partial charge in [-0.15, -0.1) is 0 Å². The number of rotatable bonds is 9. The number of carbonyl (C=O) groups is 2. The molecule has 0 saturated carbocycles. The van der Waals surface area contributed by atoms with Crippen molar-refractivity contribution in [3.8, 4) is 5.75 Å². The van der Waals surface area contributed by atoms with E-state index in [1.807, 2.05) is 43.0 Å². The Hall–Kier alpha value is -2.12. The van der Waals surface area contributed by atoms with Crippen molar-refractivity contribution in [1.82, 2.24) is 14.7 Å². The molecular weight excluding hydrogens is 370 g/mol.